The molecule has 1 aliphatic rings. The maximum Gasteiger partial charge on any atom is 0.222 e. The van der Waals surface area contributed by atoms with Gasteiger partial charge in [0.15, 0.2) is 0 Å². The zero-order valence-corrected chi connectivity index (χ0v) is 12.0. The van der Waals surface area contributed by atoms with E-state index in [0.29, 0.717) is 19.1 Å². The van der Waals surface area contributed by atoms with Crippen molar-refractivity contribution in [2.24, 2.45) is 0 Å². The predicted octanol–water partition coefficient (Wildman–Crippen LogP) is 1.42. The van der Waals surface area contributed by atoms with E-state index in [1.165, 1.54) is 0 Å². The molecule has 0 aliphatic carbocycles. The lowest BCUT2D eigenvalue weighted by Crippen LogP contribution is -2.33. The van der Waals surface area contributed by atoms with Crippen molar-refractivity contribution in [3.05, 3.63) is 30.1 Å². The molecule has 0 saturated carbocycles. The van der Waals surface area contributed by atoms with E-state index in [1.54, 1.807) is 6.20 Å². The number of hydrogen-bond donors (Lipinski definition) is 2. The second kappa shape index (κ2) is 7.97. The molecule has 2 rings (SSSR count). The molecule has 1 saturated heterocycles. The first-order valence-electron chi connectivity index (χ1n) is 7.28. The number of ether oxygens (including phenoxy) is 1. The van der Waals surface area contributed by atoms with E-state index in [9.17, 15) is 4.79 Å². The van der Waals surface area contributed by atoms with Gasteiger partial charge in [-0.15, -0.1) is 0 Å². The minimum atomic E-state index is -0.0671. The van der Waals surface area contributed by atoms with Crippen molar-refractivity contribution in [3.63, 3.8) is 0 Å². The van der Waals surface area contributed by atoms with Gasteiger partial charge in [-0.25, -0.2) is 0 Å². The fourth-order valence-corrected chi connectivity index (χ4v) is 2.30. The number of nitrogens with one attached hydrogen (secondary N) is 2. The smallest absolute Gasteiger partial charge is 0.222 e. The number of piperidine rings is 1. The summed E-state index contributed by atoms with van der Waals surface area (Å²) >= 11 is 0. The van der Waals surface area contributed by atoms with E-state index >= 15 is 0 Å². The highest BCUT2D eigenvalue weighted by Gasteiger charge is 2.14. The first-order chi connectivity index (χ1) is 9.75. The minimum Gasteiger partial charge on any atom is -0.378 e. The standard InChI is InChI=1S/C15H23N3O2/c1-12(14-4-2-3-8-17-14)18-15(19)7-11-20-13-5-9-16-10-6-13/h2-4,8,12-13,16H,5-7,9-11H2,1H3,(H,18,19). The SMILES string of the molecule is CC(NC(=O)CCOC1CCNCC1)c1ccccn1. The monoisotopic (exact) mass is 277 g/mol. The van der Waals surface area contributed by atoms with Gasteiger partial charge in [-0.1, -0.05) is 6.07 Å². The largest absolute Gasteiger partial charge is 0.378 e. The summed E-state index contributed by atoms with van der Waals surface area (Å²) < 4.78 is 5.72. The number of amides is 1. The van der Waals surface area contributed by atoms with Crippen LogP contribution in [0.15, 0.2) is 24.4 Å². The van der Waals surface area contributed by atoms with Crippen molar-refractivity contribution < 1.29 is 9.53 Å². The molecular weight excluding hydrogens is 254 g/mol. The van der Waals surface area contributed by atoms with Crippen molar-refractivity contribution in [2.75, 3.05) is 19.7 Å². The van der Waals surface area contributed by atoms with Gasteiger partial charge in [0.05, 0.1) is 24.4 Å². The van der Waals surface area contributed by atoms with Crippen LogP contribution in [0.5, 0.6) is 0 Å². The summed E-state index contributed by atoms with van der Waals surface area (Å²) in [5, 5.41) is 6.23. The second-order valence-electron chi connectivity index (χ2n) is 5.11. The minimum absolute atomic E-state index is 0.0112. The van der Waals surface area contributed by atoms with Crippen molar-refractivity contribution in [3.8, 4) is 0 Å². The molecule has 1 aliphatic heterocycles. The molecule has 1 aromatic rings. The Morgan fingerprint density at radius 2 is 2.30 bits per heavy atom. The third kappa shape index (κ3) is 4.90. The fourth-order valence-electron chi connectivity index (χ4n) is 2.30. The number of carbonyl (C=O) groups is 1. The van der Waals surface area contributed by atoms with E-state index in [1.807, 2.05) is 25.1 Å². The lowest BCUT2D eigenvalue weighted by atomic mass is 10.1. The topological polar surface area (TPSA) is 63.2 Å². The molecule has 1 fully saturated rings. The Morgan fingerprint density at radius 1 is 1.50 bits per heavy atom. The third-order valence-corrected chi connectivity index (χ3v) is 3.48. The molecule has 0 bridgehead atoms. The molecule has 0 aromatic carbocycles. The Balaban J connectivity index is 1.65. The van der Waals surface area contributed by atoms with Crippen LogP contribution in [0.3, 0.4) is 0 Å². The number of hydrogen-bond acceptors (Lipinski definition) is 4. The van der Waals surface area contributed by atoms with Gasteiger partial charge in [0.2, 0.25) is 5.91 Å². The summed E-state index contributed by atoms with van der Waals surface area (Å²) in [6.07, 6.45) is 4.51. The van der Waals surface area contributed by atoms with Crippen LogP contribution in [0.2, 0.25) is 0 Å². The Hall–Kier alpha value is -1.46. The van der Waals surface area contributed by atoms with Gasteiger partial charge in [0, 0.05) is 12.6 Å². The molecular formula is C15H23N3O2. The Bertz CT molecular complexity index is 405. The molecule has 20 heavy (non-hydrogen) atoms. The van der Waals surface area contributed by atoms with Crippen LogP contribution in [-0.4, -0.2) is 36.7 Å². The Morgan fingerprint density at radius 3 is 3.00 bits per heavy atom. The summed E-state index contributed by atoms with van der Waals surface area (Å²) in [5.74, 6) is 0.0112. The summed E-state index contributed by atoms with van der Waals surface area (Å²) in [6.45, 7) is 4.44. The average Bonchev–Trinajstić information content (AvgIpc) is 2.49. The lowest BCUT2D eigenvalue weighted by Gasteiger charge is -2.23. The van der Waals surface area contributed by atoms with Gasteiger partial charge in [0.25, 0.3) is 0 Å². The molecule has 5 nitrogen and oxygen atoms in total. The average molecular weight is 277 g/mol. The Labute approximate surface area is 120 Å². The zero-order valence-electron chi connectivity index (χ0n) is 12.0. The highest BCUT2D eigenvalue weighted by molar-refractivity contribution is 5.76. The third-order valence-electron chi connectivity index (χ3n) is 3.48. The van der Waals surface area contributed by atoms with E-state index < -0.39 is 0 Å². The van der Waals surface area contributed by atoms with Gasteiger partial charge in [0.1, 0.15) is 0 Å². The molecule has 1 amide bonds. The molecule has 5 heteroatoms. The van der Waals surface area contributed by atoms with E-state index in [4.69, 9.17) is 4.74 Å². The molecule has 2 heterocycles. The number of aromatic nitrogens is 1. The van der Waals surface area contributed by atoms with Gasteiger partial charge in [-0.05, 0) is 45.0 Å². The van der Waals surface area contributed by atoms with Crippen LogP contribution in [0.4, 0.5) is 0 Å². The summed E-state index contributed by atoms with van der Waals surface area (Å²) in [7, 11) is 0. The first-order valence-corrected chi connectivity index (χ1v) is 7.28. The van der Waals surface area contributed by atoms with Crippen LogP contribution in [-0.2, 0) is 9.53 Å². The normalized spacial score (nSPS) is 17.6. The van der Waals surface area contributed by atoms with Crippen LogP contribution < -0.4 is 10.6 Å². The maximum atomic E-state index is 11.8. The van der Waals surface area contributed by atoms with E-state index in [0.717, 1.165) is 31.6 Å². The maximum absolute atomic E-state index is 11.8. The molecule has 0 spiro atoms. The van der Waals surface area contributed by atoms with Gasteiger partial charge in [-0.2, -0.15) is 0 Å². The molecule has 110 valence electrons. The van der Waals surface area contributed by atoms with Crippen LogP contribution in [0, 0.1) is 0 Å². The van der Waals surface area contributed by atoms with Crippen LogP contribution >= 0.6 is 0 Å². The number of rotatable bonds is 6. The van der Waals surface area contributed by atoms with Gasteiger partial charge >= 0.3 is 0 Å². The molecule has 2 N–H and O–H groups in total. The van der Waals surface area contributed by atoms with Crippen molar-refractivity contribution in [1.82, 2.24) is 15.6 Å². The number of carbonyl (C=O) groups excluding carboxylic acids is 1. The van der Waals surface area contributed by atoms with Crippen LogP contribution in [0.1, 0.15) is 37.9 Å². The highest BCUT2D eigenvalue weighted by atomic mass is 16.5. The highest BCUT2D eigenvalue weighted by Crippen LogP contribution is 2.09. The molecule has 1 atom stereocenters. The van der Waals surface area contributed by atoms with Crippen molar-refractivity contribution >= 4 is 5.91 Å². The second-order valence-corrected chi connectivity index (χ2v) is 5.11. The number of nitrogens with zero attached hydrogens (tertiary/aromatic N) is 1. The predicted molar refractivity (Wildman–Crippen MR) is 77.3 cm³/mol. The Kier molecular flexibility index (Phi) is 5.95. The first kappa shape index (κ1) is 14.9. The van der Waals surface area contributed by atoms with Crippen molar-refractivity contribution in [2.45, 2.75) is 38.3 Å². The van der Waals surface area contributed by atoms with Gasteiger partial charge in [-0.3, -0.25) is 9.78 Å². The summed E-state index contributed by atoms with van der Waals surface area (Å²) in [5.41, 5.74) is 0.875. The lowest BCUT2D eigenvalue weighted by molar-refractivity contribution is -0.123. The number of pyridine rings is 1. The van der Waals surface area contributed by atoms with E-state index in [-0.39, 0.29) is 11.9 Å². The quantitative estimate of drug-likeness (QED) is 0.825. The molecule has 0 radical (unpaired) electrons. The van der Waals surface area contributed by atoms with E-state index in [2.05, 4.69) is 15.6 Å². The zero-order chi connectivity index (χ0) is 14.2. The molecule has 1 unspecified atom stereocenters. The van der Waals surface area contributed by atoms with Gasteiger partial charge < -0.3 is 15.4 Å². The summed E-state index contributed by atoms with van der Waals surface area (Å²) in [4.78, 5) is 16.1. The summed E-state index contributed by atoms with van der Waals surface area (Å²) in [6, 6.07) is 5.63. The fraction of sp³-hybridized carbons (Fsp3) is 0.600. The van der Waals surface area contributed by atoms with Crippen molar-refractivity contribution in [1.29, 1.82) is 0 Å². The van der Waals surface area contributed by atoms with Crippen LogP contribution in [0.25, 0.3) is 0 Å². The molecule has 1 aromatic heterocycles.